The van der Waals surface area contributed by atoms with Gasteiger partial charge in [-0.3, -0.25) is 4.79 Å². The molecule has 3 rings (SSSR count). The monoisotopic (exact) mass is 310 g/mol. The van der Waals surface area contributed by atoms with Crippen LogP contribution in [0.5, 0.6) is 5.75 Å². The van der Waals surface area contributed by atoms with Gasteiger partial charge in [-0.2, -0.15) is 0 Å². The minimum atomic E-state index is -0.459. The minimum Gasteiger partial charge on any atom is -0.488 e. The summed E-state index contributed by atoms with van der Waals surface area (Å²) < 4.78 is 10.7. The summed E-state index contributed by atoms with van der Waals surface area (Å²) in [6, 6.07) is 13.2. The Balaban J connectivity index is 1.96. The lowest BCUT2D eigenvalue weighted by Gasteiger charge is -2.20. The number of carbonyl (C=O) groups excluding carboxylic acids is 2. The SMILES string of the molecule is COC(=O)c1c(OCc2ccccc2)ccc2c1CCCC2=O. The van der Waals surface area contributed by atoms with Crippen LogP contribution < -0.4 is 4.74 Å². The number of hydrogen-bond acceptors (Lipinski definition) is 4. The number of ketones is 1. The molecule has 0 heterocycles. The van der Waals surface area contributed by atoms with E-state index in [1.807, 2.05) is 30.3 Å². The molecule has 4 nitrogen and oxygen atoms in total. The number of hydrogen-bond donors (Lipinski definition) is 0. The Morgan fingerprint density at radius 3 is 2.61 bits per heavy atom. The van der Waals surface area contributed by atoms with E-state index in [4.69, 9.17) is 9.47 Å². The van der Waals surface area contributed by atoms with E-state index in [9.17, 15) is 9.59 Å². The summed E-state index contributed by atoms with van der Waals surface area (Å²) in [5.74, 6) is 0.0831. The van der Waals surface area contributed by atoms with Crippen molar-refractivity contribution in [3.63, 3.8) is 0 Å². The van der Waals surface area contributed by atoms with Gasteiger partial charge in [-0.05, 0) is 36.1 Å². The fourth-order valence-electron chi connectivity index (χ4n) is 2.89. The number of methoxy groups -OCH3 is 1. The molecule has 1 aliphatic carbocycles. The third-order valence-corrected chi connectivity index (χ3v) is 4.03. The highest BCUT2D eigenvalue weighted by molar-refractivity contribution is 6.03. The molecule has 1 aliphatic rings. The number of ether oxygens (including phenoxy) is 2. The third kappa shape index (κ3) is 3.11. The Morgan fingerprint density at radius 2 is 1.87 bits per heavy atom. The van der Waals surface area contributed by atoms with Gasteiger partial charge in [0.25, 0.3) is 0 Å². The van der Waals surface area contributed by atoms with Gasteiger partial charge in [0.05, 0.1) is 7.11 Å². The fraction of sp³-hybridized carbons (Fsp3) is 0.263. The van der Waals surface area contributed by atoms with Gasteiger partial charge in [0.2, 0.25) is 0 Å². The predicted octanol–water partition coefficient (Wildman–Crippen LogP) is 3.57. The molecule has 2 aromatic carbocycles. The van der Waals surface area contributed by atoms with Gasteiger partial charge in [0.1, 0.15) is 17.9 Å². The molecule has 0 aliphatic heterocycles. The molecule has 0 N–H and O–H groups in total. The number of benzene rings is 2. The molecular weight excluding hydrogens is 292 g/mol. The first kappa shape index (κ1) is 15.3. The second kappa shape index (κ2) is 6.65. The Morgan fingerprint density at radius 1 is 1.09 bits per heavy atom. The van der Waals surface area contributed by atoms with Gasteiger partial charge in [-0.15, -0.1) is 0 Å². The zero-order valence-corrected chi connectivity index (χ0v) is 13.0. The minimum absolute atomic E-state index is 0.0750. The summed E-state index contributed by atoms with van der Waals surface area (Å²) in [4.78, 5) is 24.3. The zero-order chi connectivity index (χ0) is 16.2. The van der Waals surface area contributed by atoms with Crippen molar-refractivity contribution in [2.75, 3.05) is 7.11 Å². The highest BCUT2D eigenvalue weighted by atomic mass is 16.5. The Kier molecular flexibility index (Phi) is 4.42. The quantitative estimate of drug-likeness (QED) is 0.810. The van der Waals surface area contributed by atoms with Crippen molar-refractivity contribution in [1.82, 2.24) is 0 Å². The highest BCUT2D eigenvalue weighted by Gasteiger charge is 2.26. The van der Waals surface area contributed by atoms with Gasteiger partial charge < -0.3 is 9.47 Å². The van der Waals surface area contributed by atoms with Crippen LogP contribution in [-0.4, -0.2) is 18.9 Å². The maximum atomic E-state index is 12.2. The number of carbonyl (C=O) groups is 2. The molecule has 0 radical (unpaired) electrons. The maximum absolute atomic E-state index is 12.2. The van der Waals surface area contributed by atoms with Gasteiger partial charge in [0, 0.05) is 12.0 Å². The molecular formula is C19H18O4. The van der Waals surface area contributed by atoms with Gasteiger partial charge in [-0.25, -0.2) is 4.79 Å². The molecule has 118 valence electrons. The Hall–Kier alpha value is -2.62. The average molecular weight is 310 g/mol. The largest absolute Gasteiger partial charge is 0.488 e. The zero-order valence-electron chi connectivity index (χ0n) is 13.0. The second-order valence-corrected chi connectivity index (χ2v) is 5.51. The average Bonchev–Trinajstić information content (AvgIpc) is 2.60. The lowest BCUT2D eigenvalue weighted by Crippen LogP contribution is -2.17. The Labute approximate surface area is 135 Å². The van der Waals surface area contributed by atoms with E-state index in [0.29, 0.717) is 36.3 Å². The molecule has 0 bridgehead atoms. The smallest absolute Gasteiger partial charge is 0.341 e. The van der Waals surface area contributed by atoms with E-state index in [1.165, 1.54) is 7.11 Å². The van der Waals surface area contributed by atoms with Crippen LogP contribution in [0.3, 0.4) is 0 Å². The van der Waals surface area contributed by atoms with E-state index >= 15 is 0 Å². The molecule has 4 heteroatoms. The summed E-state index contributed by atoms with van der Waals surface area (Å²) in [6.07, 6.45) is 1.96. The van der Waals surface area contributed by atoms with Gasteiger partial charge in [0.15, 0.2) is 5.78 Å². The lowest BCUT2D eigenvalue weighted by atomic mass is 9.87. The summed E-state index contributed by atoms with van der Waals surface area (Å²) in [6.45, 7) is 0.359. The van der Waals surface area contributed by atoms with Crippen molar-refractivity contribution in [3.05, 3.63) is 64.7 Å². The van der Waals surface area contributed by atoms with Crippen LogP contribution in [0.25, 0.3) is 0 Å². The van der Waals surface area contributed by atoms with Crippen LogP contribution in [0.15, 0.2) is 42.5 Å². The van der Waals surface area contributed by atoms with Crippen molar-refractivity contribution >= 4 is 11.8 Å². The van der Waals surface area contributed by atoms with Crippen molar-refractivity contribution in [2.45, 2.75) is 25.9 Å². The van der Waals surface area contributed by atoms with Crippen LogP contribution in [0.2, 0.25) is 0 Å². The van der Waals surface area contributed by atoms with Gasteiger partial charge in [-0.1, -0.05) is 30.3 Å². The summed E-state index contributed by atoms with van der Waals surface area (Å²) in [7, 11) is 1.34. The topological polar surface area (TPSA) is 52.6 Å². The van der Waals surface area contributed by atoms with Crippen LogP contribution in [0.4, 0.5) is 0 Å². The normalized spacial score (nSPS) is 13.3. The van der Waals surface area contributed by atoms with Crippen LogP contribution >= 0.6 is 0 Å². The molecule has 23 heavy (non-hydrogen) atoms. The lowest BCUT2D eigenvalue weighted by molar-refractivity contribution is 0.0594. The molecule has 0 fully saturated rings. The van der Waals surface area contributed by atoms with Gasteiger partial charge >= 0.3 is 5.97 Å². The standard InChI is InChI=1S/C19H18O4/c1-22-19(21)18-15-8-5-9-16(20)14(15)10-11-17(18)23-12-13-6-3-2-4-7-13/h2-4,6-7,10-11H,5,8-9,12H2,1H3. The van der Waals surface area contributed by atoms with Crippen molar-refractivity contribution in [2.24, 2.45) is 0 Å². The summed E-state index contributed by atoms with van der Waals surface area (Å²) in [5.41, 5.74) is 2.76. The third-order valence-electron chi connectivity index (χ3n) is 4.03. The highest BCUT2D eigenvalue weighted by Crippen LogP contribution is 2.32. The fourth-order valence-corrected chi connectivity index (χ4v) is 2.89. The number of Topliss-reactive ketones (excluding diaryl/α,β-unsaturated/α-hetero) is 1. The van der Waals surface area contributed by atoms with Crippen LogP contribution in [0, 0.1) is 0 Å². The molecule has 0 atom stereocenters. The first-order valence-electron chi connectivity index (χ1n) is 7.65. The molecule has 2 aromatic rings. The number of esters is 1. The summed E-state index contributed by atoms with van der Waals surface area (Å²) >= 11 is 0. The number of rotatable bonds is 4. The molecule has 0 aromatic heterocycles. The predicted molar refractivity (Wildman–Crippen MR) is 85.8 cm³/mol. The second-order valence-electron chi connectivity index (χ2n) is 5.51. The Bertz CT molecular complexity index is 735. The molecule has 0 saturated heterocycles. The van der Waals surface area contributed by atoms with Crippen LogP contribution in [-0.2, 0) is 17.8 Å². The van der Waals surface area contributed by atoms with Crippen LogP contribution in [0.1, 0.15) is 44.7 Å². The van der Waals surface area contributed by atoms with E-state index in [2.05, 4.69) is 0 Å². The van der Waals surface area contributed by atoms with Crippen molar-refractivity contribution in [3.8, 4) is 5.75 Å². The van der Waals surface area contributed by atoms with E-state index in [1.54, 1.807) is 12.1 Å². The van der Waals surface area contributed by atoms with E-state index in [0.717, 1.165) is 17.5 Å². The molecule has 0 spiro atoms. The first-order valence-corrected chi connectivity index (χ1v) is 7.65. The summed E-state index contributed by atoms with van der Waals surface area (Å²) in [5, 5.41) is 0. The van der Waals surface area contributed by atoms with Crippen molar-refractivity contribution in [1.29, 1.82) is 0 Å². The first-order chi connectivity index (χ1) is 11.2. The molecule has 0 saturated carbocycles. The van der Waals surface area contributed by atoms with E-state index < -0.39 is 5.97 Å². The van der Waals surface area contributed by atoms with E-state index in [-0.39, 0.29) is 5.78 Å². The molecule has 0 unspecified atom stereocenters. The number of fused-ring (bicyclic) bond motifs is 1. The molecule has 0 amide bonds. The van der Waals surface area contributed by atoms with Crippen molar-refractivity contribution < 1.29 is 19.1 Å². The maximum Gasteiger partial charge on any atom is 0.341 e.